The Morgan fingerprint density at radius 1 is 1.22 bits per heavy atom. The summed E-state index contributed by atoms with van der Waals surface area (Å²) in [6.07, 6.45) is 5.26. The third kappa shape index (κ3) is 3.35. The minimum atomic E-state index is 0.256. The lowest BCUT2D eigenvalue weighted by molar-refractivity contribution is 0.399. The Hall–Kier alpha value is -0.820. The fraction of sp³-hybridized carbons (Fsp3) is 0.647. The van der Waals surface area contributed by atoms with Crippen LogP contribution in [0.3, 0.4) is 0 Å². The van der Waals surface area contributed by atoms with E-state index in [0.717, 1.165) is 0 Å². The molecule has 1 unspecified atom stereocenters. The van der Waals surface area contributed by atoms with Crippen molar-refractivity contribution in [2.45, 2.75) is 64.8 Å². The van der Waals surface area contributed by atoms with Gasteiger partial charge in [-0.25, -0.2) is 0 Å². The van der Waals surface area contributed by atoms with Crippen molar-refractivity contribution in [1.82, 2.24) is 5.32 Å². The Bertz CT molecular complexity index is 395. The van der Waals surface area contributed by atoms with E-state index in [2.05, 4.69) is 51.2 Å². The summed E-state index contributed by atoms with van der Waals surface area (Å²) in [5.74, 6) is 0. The predicted octanol–water partition coefficient (Wildman–Crippen LogP) is 3.98. The van der Waals surface area contributed by atoms with Crippen LogP contribution in [0.25, 0.3) is 0 Å². The average Bonchev–Trinajstić information content (AvgIpc) is 2.32. The molecular formula is C17H27N. The Balaban J connectivity index is 2.09. The molecule has 1 saturated heterocycles. The van der Waals surface area contributed by atoms with Gasteiger partial charge in [-0.3, -0.25) is 0 Å². The van der Waals surface area contributed by atoms with Gasteiger partial charge in [0.2, 0.25) is 0 Å². The van der Waals surface area contributed by atoms with Gasteiger partial charge in [0, 0.05) is 6.04 Å². The smallest absolute Gasteiger partial charge is 0.0108 e. The molecule has 0 aliphatic carbocycles. The molecule has 0 aromatic heterocycles. The normalized spacial score (nSPS) is 21.0. The Morgan fingerprint density at radius 2 is 2.00 bits per heavy atom. The van der Waals surface area contributed by atoms with E-state index >= 15 is 0 Å². The number of hydrogen-bond donors (Lipinski definition) is 1. The third-order valence-corrected chi connectivity index (χ3v) is 4.09. The molecule has 18 heavy (non-hydrogen) atoms. The van der Waals surface area contributed by atoms with E-state index in [9.17, 15) is 0 Å². The molecule has 1 aliphatic heterocycles. The summed E-state index contributed by atoms with van der Waals surface area (Å²) in [6.45, 7) is 10.3. The molecule has 1 atom stereocenters. The van der Waals surface area contributed by atoms with Crippen molar-refractivity contribution in [1.29, 1.82) is 0 Å². The molecule has 0 saturated carbocycles. The molecule has 2 rings (SSSR count). The van der Waals surface area contributed by atoms with Crippen molar-refractivity contribution in [2.24, 2.45) is 0 Å². The van der Waals surface area contributed by atoms with Crippen molar-refractivity contribution in [3.8, 4) is 0 Å². The zero-order chi connectivity index (χ0) is 13.2. The van der Waals surface area contributed by atoms with Crippen LogP contribution in [0.15, 0.2) is 18.2 Å². The summed E-state index contributed by atoms with van der Waals surface area (Å²) >= 11 is 0. The first kappa shape index (κ1) is 13.6. The molecule has 0 amide bonds. The number of nitrogens with one attached hydrogen (secondary N) is 1. The molecule has 1 aromatic carbocycles. The van der Waals surface area contributed by atoms with Crippen LogP contribution in [0.5, 0.6) is 0 Å². The highest BCUT2D eigenvalue weighted by molar-refractivity contribution is 5.34. The van der Waals surface area contributed by atoms with E-state index in [1.165, 1.54) is 48.9 Å². The molecule has 1 nitrogen and oxygen atoms in total. The van der Waals surface area contributed by atoms with E-state index in [1.54, 1.807) is 0 Å². The fourth-order valence-corrected chi connectivity index (χ4v) is 2.76. The van der Waals surface area contributed by atoms with Crippen LogP contribution in [-0.2, 0) is 11.8 Å². The first-order valence-corrected chi connectivity index (χ1v) is 7.30. The first-order chi connectivity index (χ1) is 8.47. The van der Waals surface area contributed by atoms with E-state index in [0.29, 0.717) is 6.04 Å². The lowest BCUT2D eigenvalue weighted by Gasteiger charge is -2.25. The lowest BCUT2D eigenvalue weighted by Crippen LogP contribution is -2.35. The molecule has 1 fully saturated rings. The molecule has 1 aliphatic rings. The SMILES string of the molecule is Cc1cc(C(C)(C)C)ccc1CC1CCCCN1. The maximum absolute atomic E-state index is 3.64. The van der Waals surface area contributed by atoms with Crippen LogP contribution in [-0.4, -0.2) is 12.6 Å². The molecule has 0 bridgehead atoms. The monoisotopic (exact) mass is 245 g/mol. The number of piperidine rings is 1. The minimum Gasteiger partial charge on any atom is -0.314 e. The molecule has 1 heterocycles. The molecule has 1 N–H and O–H groups in total. The fourth-order valence-electron chi connectivity index (χ4n) is 2.76. The van der Waals surface area contributed by atoms with Crippen molar-refractivity contribution < 1.29 is 0 Å². The number of aryl methyl sites for hydroxylation is 1. The average molecular weight is 245 g/mol. The van der Waals surface area contributed by atoms with Crippen molar-refractivity contribution in [2.75, 3.05) is 6.54 Å². The van der Waals surface area contributed by atoms with Crippen molar-refractivity contribution in [3.63, 3.8) is 0 Å². The van der Waals surface area contributed by atoms with Crippen LogP contribution in [0.1, 0.15) is 56.7 Å². The van der Waals surface area contributed by atoms with Crippen LogP contribution in [0.2, 0.25) is 0 Å². The van der Waals surface area contributed by atoms with Gasteiger partial charge >= 0.3 is 0 Å². The quantitative estimate of drug-likeness (QED) is 0.831. The maximum Gasteiger partial charge on any atom is 0.0108 e. The molecule has 100 valence electrons. The van der Waals surface area contributed by atoms with Gasteiger partial charge in [0.25, 0.3) is 0 Å². The Morgan fingerprint density at radius 3 is 2.56 bits per heavy atom. The van der Waals surface area contributed by atoms with Gasteiger partial charge in [-0.05, 0) is 54.8 Å². The highest BCUT2D eigenvalue weighted by Crippen LogP contribution is 2.25. The Kier molecular flexibility index (Phi) is 4.11. The van der Waals surface area contributed by atoms with Crippen molar-refractivity contribution in [3.05, 3.63) is 34.9 Å². The highest BCUT2D eigenvalue weighted by Gasteiger charge is 2.17. The van der Waals surface area contributed by atoms with Gasteiger partial charge in [0.15, 0.2) is 0 Å². The second-order valence-corrected chi connectivity index (χ2v) is 6.74. The maximum atomic E-state index is 3.64. The summed E-state index contributed by atoms with van der Waals surface area (Å²) in [5.41, 5.74) is 4.67. The molecule has 0 spiro atoms. The largest absolute Gasteiger partial charge is 0.314 e. The number of rotatable bonds is 2. The van der Waals surface area contributed by atoms with Crippen LogP contribution in [0.4, 0.5) is 0 Å². The zero-order valence-electron chi connectivity index (χ0n) is 12.3. The van der Waals surface area contributed by atoms with Gasteiger partial charge in [-0.2, -0.15) is 0 Å². The molecule has 1 heteroatoms. The topological polar surface area (TPSA) is 12.0 Å². The first-order valence-electron chi connectivity index (χ1n) is 7.30. The zero-order valence-corrected chi connectivity index (χ0v) is 12.3. The molecule has 1 aromatic rings. The molecule has 0 radical (unpaired) electrons. The summed E-state index contributed by atoms with van der Waals surface area (Å²) < 4.78 is 0. The van der Waals surface area contributed by atoms with Gasteiger partial charge < -0.3 is 5.32 Å². The predicted molar refractivity (Wildman–Crippen MR) is 79.2 cm³/mol. The summed E-state index contributed by atoms with van der Waals surface area (Å²) in [5, 5.41) is 3.64. The standard InChI is InChI=1S/C17H27N/c1-13-11-15(17(2,3)4)9-8-14(13)12-16-7-5-6-10-18-16/h8-9,11,16,18H,5-7,10,12H2,1-4H3. The van der Waals surface area contributed by atoms with E-state index in [4.69, 9.17) is 0 Å². The summed E-state index contributed by atoms with van der Waals surface area (Å²) in [7, 11) is 0. The number of hydrogen-bond acceptors (Lipinski definition) is 1. The summed E-state index contributed by atoms with van der Waals surface area (Å²) in [6, 6.07) is 7.72. The number of benzene rings is 1. The van der Waals surface area contributed by atoms with Crippen LogP contribution in [0, 0.1) is 6.92 Å². The van der Waals surface area contributed by atoms with E-state index in [-0.39, 0.29) is 5.41 Å². The summed E-state index contributed by atoms with van der Waals surface area (Å²) in [4.78, 5) is 0. The minimum absolute atomic E-state index is 0.256. The van der Waals surface area contributed by atoms with Gasteiger partial charge in [-0.15, -0.1) is 0 Å². The third-order valence-electron chi connectivity index (χ3n) is 4.09. The van der Waals surface area contributed by atoms with E-state index < -0.39 is 0 Å². The van der Waals surface area contributed by atoms with Gasteiger partial charge in [0.1, 0.15) is 0 Å². The van der Waals surface area contributed by atoms with Gasteiger partial charge in [-0.1, -0.05) is 45.4 Å². The molecular weight excluding hydrogens is 218 g/mol. The van der Waals surface area contributed by atoms with Gasteiger partial charge in [0.05, 0.1) is 0 Å². The Labute approximate surface area is 112 Å². The van der Waals surface area contributed by atoms with E-state index in [1.807, 2.05) is 0 Å². The second kappa shape index (κ2) is 5.44. The van der Waals surface area contributed by atoms with Crippen LogP contribution < -0.4 is 5.32 Å². The van der Waals surface area contributed by atoms with Crippen LogP contribution >= 0.6 is 0 Å². The highest BCUT2D eigenvalue weighted by atomic mass is 14.9. The van der Waals surface area contributed by atoms with Crippen molar-refractivity contribution >= 4 is 0 Å². The lowest BCUT2D eigenvalue weighted by atomic mass is 9.84. The second-order valence-electron chi connectivity index (χ2n) is 6.74.